The number of aromatic nitrogens is 2. The van der Waals surface area contributed by atoms with E-state index >= 15 is 0 Å². The number of ether oxygens (including phenoxy) is 1. The van der Waals surface area contributed by atoms with Gasteiger partial charge in [0.05, 0.1) is 0 Å². The number of hydrogen-bond acceptors (Lipinski definition) is 3. The smallest absolute Gasteiger partial charge is 0.435 e. The maximum absolute atomic E-state index is 13.7. The third kappa shape index (κ3) is 5.09. The Morgan fingerprint density at radius 1 is 1.11 bits per heavy atom. The lowest BCUT2D eigenvalue weighted by atomic mass is 10.2. The largest absolute Gasteiger partial charge is 0.454 e. The highest BCUT2D eigenvalue weighted by Gasteiger charge is 2.33. The minimum absolute atomic E-state index is 0.0721. The van der Waals surface area contributed by atoms with E-state index in [1.807, 2.05) is 0 Å². The van der Waals surface area contributed by atoms with Crippen LogP contribution < -0.4 is 10.1 Å². The molecule has 0 unspecified atom stereocenters. The number of carbonyl (C=O) groups is 1. The van der Waals surface area contributed by atoms with Crippen LogP contribution in [0, 0.1) is 5.82 Å². The zero-order valence-corrected chi connectivity index (χ0v) is 14.4. The molecule has 28 heavy (non-hydrogen) atoms. The van der Waals surface area contributed by atoms with Gasteiger partial charge in [0, 0.05) is 12.7 Å². The van der Waals surface area contributed by atoms with Crippen molar-refractivity contribution in [3.8, 4) is 11.5 Å². The lowest BCUT2D eigenvalue weighted by molar-refractivity contribution is -0.141. The number of benzene rings is 2. The van der Waals surface area contributed by atoms with Crippen molar-refractivity contribution in [1.82, 2.24) is 15.1 Å². The van der Waals surface area contributed by atoms with Crippen molar-refractivity contribution in [2.45, 2.75) is 19.3 Å². The second kappa shape index (κ2) is 8.12. The fourth-order valence-corrected chi connectivity index (χ4v) is 2.38. The van der Waals surface area contributed by atoms with E-state index in [-0.39, 0.29) is 18.8 Å². The van der Waals surface area contributed by atoms with Crippen molar-refractivity contribution in [3.05, 3.63) is 77.9 Å². The molecule has 2 aromatic carbocycles. The predicted molar refractivity (Wildman–Crippen MR) is 92.0 cm³/mol. The van der Waals surface area contributed by atoms with E-state index in [9.17, 15) is 22.4 Å². The molecule has 5 nitrogen and oxygen atoms in total. The Labute approximate surface area is 157 Å². The van der Waals surface area contributed by atoms with E-state index in [1.54, 1.807) is 36.4 Å². The van der Waals surface area contributed by atoms with Crippen LogP contribution in [0.15, 0.2) is 60.8 Å². The number of hydrogen-bond donors (Lipinski definition) is 1. The Kier molecular flexibility index (Phi) is 5.62. The molecule has 146 valence electrons. The average Bonchev–Trinajstić information content (AvgIpc) is 3.11. The van der Waals surface area contributed by atoms with Gasteiger partial charge in [0.15, 0.2) is 17.3 Å². The molecule has 0 radical (unpaired) electrons. The molecular formula is C19H15F4N3O2. The number of rotatable bonds is 6. The standard InChI is InChI=1S/C19H15F4N3O2/c20-15-6-1-2-7-16(15)28-14-5-3-4-13(10-14)11-24-18(27)12-26-9-8-17(25-26)19(21,22)23/h1-10H,11-12H2,(H,24,27). The molecule has 0 saturated heterocycles. The highest BCUT2D eigenvalue weighted by molar-refractivity contribution is 5.75. The third-order valence-electron chi connectivity index (χ3n) is 3.69. The van der Waals surface area contributed by atoms with E-state index in [0.29, 0.717) is 11.3 Å². The summed E-state index contributed by atoms with van der Waals surface area (Å²) < 4.78 is 57.6. The third-order valence-corrected chi connectivity index (χ3v) is 3.69. The number of amides is 1. The molecule has 0 fully saturated rings. The van der Waals surface area contributed by atoms with Crippen LogP contribution in [0.1, 0.15) is 11.3 Å². The van der Waals surface area contributed by atoms with Gasteiger partial charge < -0.3 is 10.1 Å². The summed E-state index contributed by atoms with van der Waals surface area (Å²) in [5.74, 6) is -0.544. The summed E-state index contributed by atoms with van der Waals surface area (Å²) in [6.07, 6.45) is -3.47. The lowest BCUT2D eigenvalue weighted by Crippen LogP contribution is -2.27. The molecule has 1 aromatic heterocycles. The molecule has 0 spiro atoms. The normalized spacial score (nSPS) is 11.3. The van der Waals surface area contributed by atoms with Gasteiger partial charge in [-0.1, -0.05) is 24.3 Å². The highest BCUT2D eigenvalue weighted by Crippen LogP contribution is 2.27. The maximum Gasteiger partial charge on any atom is 0.435 e. The van der Waals surface area contributed by atoms with Gasteiger partial charge in [-0.15, -0.1) is 0 Å². The Bertz CT molecular complexity index is 970. The molecule has 0 bridgehead atoms. The van der Waals surface area contributed by atoms with E-state index in [1.165, 1.54) is 12.1 Å². The summed E-state index contributed by atoms with van der Waals surface area (Å²) in [6, 6.07) is 13.4. The van der Waals surface area contributed by atoms with Crippen LogP contribution >= 0.6 is 0 Å². The van der Waals surface area contributed by atoms with Crippen molar-refractivity contribution in [2.75, 3.05) is 0 Å². The first-order valence-electron chi connectivity index (χ1n) is 8.20. The van der Waals surface area contributed by atoms with Crippen molar-refractivity contribution in [3.63, 3.8) is 0 Å². The summed E-state index contributed by atoms with van der Waals surface area (Å²) in [6.45, 7) is -0.220. The minimum atomic E-state index is -4.56. The average molecular weight is 393 g/mol. The van der Waals surface area contributed by atoms with Crippen molar-refractivity contribution in [2.24, 2.45) is 0 Å². The minimum Gasteiger partial charge on any atom is -0.454 e. The SMILES string of the molecule is O=C(Cn1ccc(C(F)(F)F)n1)NCc1cccc(Oc2ccccc2F)c1. The first-order chi connectivity index (χ1) is 13.3. The number of alkyl halides is 3. The van der Waals surface area contributed by atoms with Gasteiger partial charge in [-0.3, -0.25) is 9.48 Å². The quantitative estimate of drug-likeness (QED) is 0.640. The number of carbonyl (C=O) groups excluding carboxylic acids is 1. The first-order valence-corrected chi connectivity index (χ1v) is 8.20. The zero-order chi connectivity index (χ0) is 20.1. The first kappa shape index (κ1) is 19.4. The molecule has 1 amide bonds. The number of nitrogens with zero attached hydrogens (tertiary/aromatic N) is 2. The van der Waals surface area contributed by atoms with Gasteiger partial charge in [0.1, 0.15) is 12.3 Å². The number of nitrogens with one attached hydrogen (secondary N) is 1. The van der Waals surface area contributed by atoms with Crippen LogP contribution in [-0.4, -0.2) is 15.7 Å². The van der Waals surface area contributed by atoms with E-state index in [2.05, 4.69) is 10.4 Å². The Balaban J connectivity index is 1.56. The second-order valence-electron chi connectivity index (χ2n) is 5.85. The Morgan fingerprint density at radius 2 is 1.89 bits per heavy atom. The Hall–Kier alpha value is -3.36. The van der Waals surface area contributed by atoms with Gasteiger partial charge >= 0.3 is 6.18 Å². The molecule has 0 aliphatic rings. The second-order valence-corrected chi connectivity index (χ2v) is 5.85. The molecule has 0 atom stereocenters. The van der Waals surface area contributed by atoms with Crippen LogP contribution in [0.4, 0.5) is 17.6 Å². The predicted octanol–water partition coefficient (Wildman–Crippen LogP) is 4.15. The summed E-state index contributed by atoms with van der Waals surface area (Å²) >= 11 is 0. The van der Waals surface area contributed by atoms with Crippen molar-refractivity contribution < 1.29 is 27.1 Å². The lowest BCUT2D eigenvalue weighted by Gasteiger charge is -2.09. The molecule has 0 aliphatic carbocycles. The van der Waals surface area contributed by atoms with Gasteiger partial charge in [-0.05, 0) is 35.9 Å². The van der Waals surface area contributed by atoms with Crippen LogP contribution in [-0.2, 0) is 24.1 Å². The number of para-hydroxylation sites is 1. The Morgan fingerprint density at radius 3 is 2.61 bits per heavy atom. The summed E-state index contributed by atoms with van der Waals surface area (Å²) in [4.78, 5) is 11.9. The monoisotopic (exact) mass is 393 g/mol. The summed E-state index contributed by atoms with van der Waals surface area (Å²) in [7, 11) is 0. The van der Waals surface area contributed by atoms with Gasteiger partial charge in [0.2, 0.25) is 5.91 Å². The summed E-state index contributed by atoms with van der Waals surface area (Å²) in [5, 5.41) is 5.91. The van der Waals surface area contributed by atoms with E-state index in [4.69, 9.17) is 4.74 Å². The summed E-state index contributed by atoms with van der Waals surface area (Å²) in [5.41, 5.74) is -0.378. The molecule has 3 rings (SSSR count). The number of halogens is 4. The molecule has 1 heterocycles. The van der Waals surface area contributed by atoms with Crippen molar-refractivity contribution >= 4 is 5.91 Å². The van der Waals surface area contributed by atoms with Crippen LogP contribution in [0.25, 0.3) is 0 Å². The molecule has 0 aliphatic heterocycles. The molecule has 0 saturated carbocycles. The van der Waals surface area contributed by atoms with Gasteiger partial charge in [-0.2, -0.15) is 18.3 Å². The van der Waals surface area contributed by atoms with Crippen LogP contribution in [0.3, 0.4) is 0 Å². The molecule has 1 N–H and O–H groups in total. The van der Waals surface area contributed by atoms with E-state index in [0.717, 1.165) is 16.9 Å². The fraction of sp³-hybridized carbons (Fsp3) is 0.158. The van der Waals surface area contributed by atoms with Crippen molar-refractivity contribution in [1.29, 1.82) is 0 Å². The molecule has 3 aromatic rings. The van der Waals surface area contributed by atoms with Gasteiger partial charge in [0.25, 0.3) is 0 Å². The highest BCUT2D eigenvalue weighted by atomic mass is 19.4. The van der Waals surface area contributed by atoms with Crippen LogP contribution in [0.2, 0.25) is 0 Å². The topological polar surface area (TPSA) is 56.2 Å². The molecular weight excluding hydrogens is 378 g/mol. The van der Waals surface area contributed by atoms with E-state index < -0.39 is 23.6 Å². The zero-order valence-electron chi connectivity index (χ0n) is 14.4. The van der Waals surface area contributed by atoms with Gasteiger partial charge in [-0.25, -0.2) is 4.39 Å². The van der Waals surface area contributed by atoms with Crippen LogP contribution in [0.5, 0.6) is 11.5 Å². The maximum atomic E-state index is 13.7. The fourth-order valence-electron chi connectivity index (χ4n) is 2.38. The molecule has 9 heteroatoms.